The van der Waals surface area contributed by atoms with Gasteiger partial charge in [0.15, 0.2) is 0 Å². The van der Waals surface area contributed by atoms with E-state index in [2.05, 4.69) is 10.1 Å². The molecule has 1 aromatic carbocycles. The van der Waals surface area contributed by atoms with Crippen molar-refractivity contribution in [3.63, 3.8) is 0 Å². The number of hydrogen-bond acceptors (Lipinski definition) is 4. The van der Waals surface area contributed by atoms with Crippen molar-refractivity contribution in [1.29, 1.82) is 0 Å². The van der Waals surface area contributed by atoms with Gasteiger partial charge in [-0.05, 0) is 43.4 Å². The van der Waals surface area contributed by atoms with E-state index in [0.29, 0.717) is 31.0 Å². The monoisotopic (exact) mass is 388 g/mol. The molecule has 1 N–H and O–H groups in total. The number of aromatic nitrogens is 3. The number of rotatable bonds is 6. The molecule has 150 valence electrons. The van der Waals surface area contributed by atoms with E-state index in [1.165, 1.54) is 16.8 Å². The van der Waals surface area contributed by atoms with Crippen LogP contribution in [0.4, 0.5) is 4.39 Å². The molecule has 3 rings (SSSR count). The lowest BCUT2D eigenvalue weighted by Crippen LogP contribution is -2.40. The molecule has 1 aliphatic heterocycles. The summed E-state index contributed by atoms with van der Waals surface area (Å²) >= 11 is 0. The summed E-state index contributed by atoms with van der Waals surface area (Å²) in [5.41, 5.74) is 0.522. The first kappa shape index (κ1) is 20.0. The summed E-state index contributed by atoms with van der Waals surface area (Å²) in [7, 11) is 0. The average Bonchev–Trinajstić information content (AvgIpc) is 3.12. The maximum Gasteiger partial charge on any atom is 0.303 e. The van der Waals surface area contributed by atoms with Gasteiger partial charge in [-0.3, -0.25) is 9.59 Å². The number of carboxylic acids is 1. The number of aliphatic carboxylic acids is 1. The highest BCUT2D eigenvalue weighted by Gasteiger charge is 2.28. The van der Waals surface area contributed by atoms with Gasteiger partial charge < -0.3 is 10.0 Å². The number of likely N-dealkylation sites (tertiary alicyclic amines) is 1. The van der Waals surface area contributed by atoms with Crippen LogP contribution >= 0.6 is 0 Å². The van der Waals surface area contributed by atoms with Crippen LogP contribution in [0.3, 0.4) is 0 Å². The van der Waals surface area contributed by atoms with E-state index in [-0.39, 0.29) is 35.8 Å². The van der Waals surface area contributed by atoms with Crippen LogP contribution in [-0.2, 0) is 4.79 Å². The SMILES string of the molecule is CC(C)c1nc(C(=O)N2CCC[C@H](CCC(=O)O)C2)nn1-c1cccc(F)c1. The smallest absolute Gasteiger partial charge is 0.303 e. The van der Waals surface area contributed by atoms with Crippen LogP contribution in [0.15, 0.2) is 24.3 Å². The van der Waals surface area contributed by atoms with Crippen LogP contribution in [0.1, 0.15) is 61.9 Å². The zero-order valence-electron chi connectivity index (χ0n) is 16.1. The zero-order valence-corrected chi connectivity index (χ0v) is 16.1. The van der Waals surface area contributed by atoms with Gasteiger partial charge in [-0.1, -0.05) is 19.9 Å². The van der Waals surface area contributed by atoms with Gasteiger partial charge in [-0.25, -0.2) is 14.1 Å². The van der Waals surface area contributed by atoms with E-state index in [0.717, 1.165) is 12.8 Å². The summed E-state index contributed by atoms with van der Waals surface area (Å²) in [6.07, 6.45) is 2.41. The molecule has 1 fully saturated rings. The Kier molecular flexibility index (Phi) is 6.06. The number of carbonyl (C=O) groups is 2. The van der Waals surface area contributed by atoms with E-state index in [9.17, 15) is 14.0 Å². The minimum absolute atomic E-state index is 0.00184. The van der Waals surface area contributed by atoms with Crippen molar-refractivity contribution < 1.29 is 19.1 Å². The highest BCUT2D eigenvalue weighted by atomic mass is 19.1. The number of nitrogens with zero attached hydrogens (tertiary/aromatic N) is 4. The first-order valence-corrected chi connectivity index (χ1v) is 9.59. The van der Waals surface area contributed by atoms with Gasteiger partial charge in [0, 0.05) is 25.4 Å². The number of carboxylic acid groups (broad SMARTS) is 1. The summed E-state index contributed by atoms with van der Waals surface area (Å²) in [6, 6.07) is 6.03. The van der Waals surface area contributed by atoms with Crippen molar-refractivity contribution in [2.45, 2.75) is 45.4 Å². The summed E-state index contributed by atoms with van der Waals surface area (Å²) in [5, 5.41) is 13.3. The van der Waals surface area contributed by atoms with Crippen LogP contribution in [0.5, 0.6) is 0 Å². The van der Waals surface area contributed by atoms with Gasteiger partial charge in [-0.15, -0.1) is 5.10 Å². The zero-order chi connectivity index (χ0) is 20.3. The Labute approximate surface area is 163 Å². The number of carbonyl (C=O) groups excluding carboxylic acids is 1. The molecular formula is C20H25FN4O3. The molecule has 1 aromatic heterocycles. The van der Waals surface area contributed by atoms with Gasteiger partial charge in [0.25, 0.3) is 5.91 Å². The van der Waals surface area contributed by atoms with Gasteiger partial charge in [0.2, 0.25) is 5.82 Å². The van der Waals surface area contributed by atoms with E-state index >= 15 is 0 Å². The van der Waals surface area contributed by atoms with Gasteiger partial charge in [0.1, 0.15) is 11.6 Å². The second-order valence-electron chi connectivity index (χ2n) is 7.53. The third kappa shape index (κ3) is 4.55. The standard InChI is InChI=1S/C20H25FN4O3/c1-13(2)19-22-18(23-25(19)16-7-3-6-15(21)11-16)20(28)24-10-4-5-14(12-24)8-9-17(26)27/h3,6-7,11,13-14H,4-5,8-10,12H2,1-2H3,(H,26,27)/t14-/m1/s1. The maximum absolute atomic E-state index is 13.6. The van der Waals surface area contributed by atoms with Gasteiger partial charge in [-0.2, -0.15) is 0 Å². The van der Waals surface area contributed by atoms with Gasteiger partial charge in [0.05, 0.1) is 5.69 Å². The van der Waals surface area contributed by atoms with E-state index < -0.39 is 5.97 Å². The molecule has 28 heavy (non-hydrogen) atoms. The predicted molar refractivity (Wildman–Crippen MR) is 101 cm³/mol. The maximum atomic E-state index is 13.6. The fourth-order valence-corrected chi connectivity index (χ4v) is 3.54. The van der Waals surface area contributed by atoms with E-state index in [1.807, 2.05) is 13.8 Å². The van der Waals surface area contributed by atoms with Crippen molar-refractivity contribution >= 4 is 11.9 Å². The Morgan fingerprint density at radius 1 is 1.36 bits per heavy atom. The molecule has 2 aromatic rings. The van der Waals surface area contributed by atoms with Crippen molar-refractivity contribution in [3.8, 4) is 5.69 Å². The second-order valence-corrected chi connectivity index (χ2v) is 7.53. The molecule has 1 saturated heterocycles. The molecule has 1 aliphatic rings. The highest BCUT2D eigenvalue weighted by Crippen LogP contribution is 2.23. The predicted octanol–water partition coefficient (Wildman–Crippen LogP) is 3.25. The van der Waals surface area contributed by atoms with E-state index in [4.69, 9.17) is 5.11 Å². The minimum atomic E-state index is -0.819. The number of benzene rings is 1. The summed E-state index contributed by atoms with van der Waals surface area (Å²) in [6.45, 7) is 5.00. The molecule has 0 unspecified atom stereocenters. The Bertz CT molecular complexity index is 865. The van der Waals surface area contributed by atoms with Crippen LogP contribution < -0.4 is 0 Å². The first-order valence-electron chi connectivity index (χ1n) is 9.59. The fourth-order valence-electron chi connectivity index (χ4n) is 3.54. The number of halogens is 1. The molecule has 1 amide bonds. The lowest BCUT2D eigenvalue weighted by molar-refractivity contribution is -0.137. The Morgan fingerprint density at radius 2 is 2.14 bits per heavy atom. The van der Waals surface area contributed by atoms with Crippen molar-refractivity contribution in [3.05, 3.63) is 41.7 Å². The highest BCUT2D eigenvalue weighted by molar-refractivity contribution is 5.90. The van der Waals surface area contributed by atoms with Crippen molar-refractivity contribution in [1.82, 2.24) is 19.7 Å². The van der Waals surface area contributed by atoms with Gasteiger partial charge >= 0.3 is 5.97 Å². The Balaban J connectivity index is 1.82. The van der Waals surface area contributed by atoms with Crippen LogP contribution in [0, 0.1) is 11.7 Å². The minimum Gasteiger partial charge on any atom is -0.481 e. The quantitative estimate of drug-likeness (QED) is 0.821. The number of piperidine rings is 1. The molecule has 8 heteroatoms. The average molecular weight is 388 g/mol. The van der Waals surface area contributed by atoms with E-state index in [1.54, 1.807) is 17.0 Å². The number of amides is 1. The third-order valence-electron chi connectivity index (χ3n) is 4.97. The second kappa shape index (κ2) is 8.50. The van der Waals surface area contributed by atoms with Crippen molar-refractivity contribution in [2.24, 2.45) is 5.92 Å². The molecule has 1 atom stereocenters. The molecule has 0 spiro atoms. The summed E-state index contributed by atoms with van der Waals surface area (Å²) in [4.78, 5) is 29.9. The normalized spacial score (nSPS) is 17.1. The first-order chi connectivity index (χ1) is 13.3. The van der Waals surface area contributed by atoms with Crippen LogP contribution in [0.2, 0.25) is 0 Å². The third-order valence-corrected chi connectivity index (χ3v) is 4.97. The Morgan fingerprint density at radius 3 is 2.82 bits per heavy atom. The van der Waals surface area contributed by atoms with Crippen molar-refractivity contribution in [2.75, 3.05) is 13.1 Å². The molecule has 0 aliphatic carbocycles. The molecule has 2 heterocycles. The fraction of sp³-hybridized carbons (Fsp3) is 0.500. The largest absolute Gasteiger partial charge is 0.481 e. The lowest BCUT2D eigenvalue weighted by atomic mass is 9.93. The summed E-state index contributed by atoms with van der Waals surface area (Å²) < 4.78 is 15.2. The van der Waals surface area contributed by atoms with Crippen LogP contribution in [-0.4, -0.2) is 49.7 Å². The molecular weight excluding hydrogens is 363 g/mol. The topological polar surface area (TPSA) is 88.3 Å². The number of hydrogen-bond donors (Lipinski definition) is 1. The van der Waals surface area contributed by atoms with Crippen LogP contribution in [0.25, 0.3) is 5.69 Å². The summed E-state index contributed by atoms with van der Waals surface area (Å²) in [5.74, 6) is -0.614. The molecule has 0 saturated carbocycles. The Hall–Kier alpha value is -2.77. The molecule has 0 bridgehead atoms. The molecule has 0 radical (unpaired) electrons. The lowest BCUT2D eigenvalue weighted by Gasteiger charge is -2.31. The molecule has 7 nitrogen and oxygen atoms in total.